The second-order valence-electron chi connectivity index (χ2n) is 11.3. The number of hydrazone groups is 1. The molecule has 0 saturated heterocycles. The molecule has 0 aromatic heterocycles. The third kappa shape index (κ3) is 6.07. The van der Waals surface area contributed by atoms with E-state index in [2.05, 4.69) is 99.8 Å². The van der Waals surface area contributed by atoms with E-state index >= 15 is 0 Å². The fourth-order valence-electron chi connectivity index (χ4n) is 6.09. The quantitative estimate of drug-likeness (QED) is 0.177. The number of carbonyl (C=O) groups excluding carboxylic acids is 1. The van der Waals surface area contributed by atoms with Crippen molar-refractivity contribution in [3.63, 3.8) is 0 Å². The Hall–Kier alpha value is -6.21. The van der Waals surface area contributed by atoms with Crippen LogP contribution in [0.1, 0.15) is 17.5 Å². The summed E-state index contributed by atoms with van der Waals surface area (Å²) in [4.78, 5) is 29.6. The van der Waals surface area contributed by atoms with Crippen molar-refractivity contribution >= 4 is 57.8 Å². The van der Waals surface area contributed by atoms with Crippen molar-refractivity contribution in [3.05, 3.63) is 162 Å². The number of para-hydroxylation sites is 3. The van der Waals surface area contributed by atoms with Crippen molar-refractivity contribution in [1.29, 1.82) is 0 Å². The number of rotatable bonds is 8. The van der Waals surface area contributed by atoms with Gasteiger partial charge in [-0.25, -0.2) is 4.79 Å². The molecule has 7 nitrogen and oxygen atoms in total. The van der Waals surface area contributed by atoms with Crippen molar-refractivity contribution in [1.82, 2.24) is 0 Å². The minimum absolute atomic E-state index is 0.0447. The van der Waals surface area contributed by atoms with E-state index < -0.39 is 11.9 Å². The number of anilines is 6. The third-order valence-corrected chi connectivity index (χ3v) is 8.30. The summed E-state index contributed by atoms with van der Waals surface area (Å²) in [6.07, 6.45) is 7.12. The molecule has 2 heterocycles. The number of fused-ring (bicyclic) bond motifs is 1. The minimum Gasteiger partial charge on any atom is -0.476 e. The first kappa shape index (κ1) is 29.5. The standard InChI is InChI=1S/C40H32N4O3/c45-39-36(38(40(46)47)41-44(39)35-18-8-3-9-19-35)20-10-12-29-21-26-37-30(28-29)13-11-27-42(37)31-22-24-34(25-23-31)43(32-14-4-1-5-15-32)33-16-6-2-7-17-33/h1-10,12,14-26,28H,11,13,27H2,(H,46,47)/b12-10+,36-20-. The van der Waals surface area contributed by atoms with E-state index in [0.29, 0.717) is 5.69 Å². The summed E-state index contributed by atoms with van der Waals surface area (Å²) in [6.45, 7) is 0.923. The van der Waals surface area contributed by atoms with Crippen LogP contribution in [-0.2, 0) is 16.0 Å². The SMILES string of the molecule is O=C(O)C1=NN(c2ccccc2)C(=O)/C1=C\C=C\c1ccc2c(c1)CCCN2c1ccc(N(c2ccccc2)c2ccccc2)cc1. The van der Waals surface area contributed by atoms with Crippen molar-refractivity contribution in [2.75, 3.05) is 21.4 Å². The first-order chi connectivity index (χ1) is 23.1. The largest absolute Gasteiger partial charge is 0.476 e. The molecule has 0 bridgehead atoms. The molecule has 2 aliphatic heterocycles. The zero-order valence-corrected chi connectivity index (χ0v) is 25.6. The first-order valence-corrected chi connectivity index (χ1v) is 15.6. The molecule has 47 heavy (non-hydrogen) atoms. The van der Waals surface area contributed by atoms with Gasteiger partial charge >= 0.3 is 5.97 Å². The predicted molar refractivity (Wildman–Crippen MR) is 189 cm³/mol. The van der Waals surface area contributed by atoms with E-state index in [1.165, 1.54) is 17.3 Å². The van der Waals surface area contributed by atoms with Crippen LogP contribution >= 0.6 is 0 Å². The van der Waals surface area contributed by atoms with Gasteiger partial charge in [0.2, 0.25) is 0 Å². The second kappa shape index (κ2) is 13.0. The molecule has 0 unspecified atom stereocenters. The second-order valence-corrected chi connectivity index (χ2v) is 11.3. The number of aliphatic carboxylic acids is 1. The summed E-state index contributed by atoms with van der Waals surface area (Å²) in [7, 11) is 0. The summed E-state index contributed by atoms with van der Waals surface area (Å²) in [5.41, 5.74) is 8.09. The smallest absolute Gasteiger partial charge is 0.357 e. The normalized spacial score (nSPS) is 15.2. The Morgan fingerprint density at radius 1 is 0.745 bits per heavy atom. The van der Waals surface area contributed by atoms with Crippen LogP contribution in [-0.4, -0.2) is 29.2 Å². The molecule has 2 aliphatic rings. The minimum atomic E-state index is -1.24. The topological polar surface area (TPSA) is 76.4 Å². The maximum absolute atomic E-state index is 13.1. The van der Waals surface area contributed by atoms with E-state index in [0.717, 1.165) is 52.7 Å². The van der Waals surface area contributed by atoms with Crippen molar-refractivity contribution < 1.29 is 14.7 Å². The van der Waals surface area contributed by atoms with Gasteiger partial charge in [0.05, 0.1) is 11.3 Å². The predicted octanol–water partition coefficient (Wildman–Crippen LogP) is 8.67. The highest BCUT2D eigenvalue weighted by molar-refractivity contribution is 6.52. The number of aryl methyl sites for hydroxylation is 1. The lowest BCUT2D eigenvalue weighted by Crippen LogP contribution is -2.24. The van der Waals surface area contributed by atoms with E-state index in [1.807, 2.05) is 30.3 Å². The average molecular weight is 617 g/mol. The van der Waals surface area contributed by atoms with Gasteiger partial charge < -0.3 is 14.9 Å². The number of benzene rings is 5. The summed E-state index contributed by atoms with van der Waals surface area (Å²) in [5, 5.41) is 14.9. The van der Waals surface area contributed by atoms with E-state index in [9.17, 15) is 14.7 Å². The van der Waals surface area contributed by atoms with E-state index in [-0.39, 0.29) is 11.3 Å². The monoisotopic (exact) mass is 616 g/mol. The number of nitrogens with zero attached hydrogens (tertiary/aromatic N) is 4. The van der Waals surface area contributed by atoms with Crippen LogP contribution in [0.4, 0.5) is 34.1 Å². The number of hydrogen-bond donors (Lipinski definition) is 1. The van der Waals surface area contributed by atoms with Crippen LogP contribution in [0.2, 0.25) is 0 Å². The van der Waals surface area contributed by atoms with Gasteiger partial charge in [0.1, 0.15) is 0 Å². The molecule has 0 spiro atoms. The number of hydrogen-bond acceptors (Lipinski definition) is 5. The van der Waals surface area contributed by atoms with Crippen LogP contribution in [0.5, 0.6) is 0 Å². The summed E-state index contributed by atoms with van der Waals surface area (Å²) in [6, 6.07) is 44.6. The number of carbonyl (C=O) groups is 2. The van der Waals surface area contributed by atoms with Gasteiger partial charge in [0.25, 0.3) is 5.91 Å². The molecule has 5 aromatic carbocycles. The molecule has 1 amide bonds. The highest BCUT2D eigenvalue weighted by atomic mass is 16.4. The fraction of sp³-hybridized carbons (Fsp3) is 0.0750. The molecule has 7 heteroatoms. The Labute approximate surface area is 273 Å². The number of carboxylic acids is 1. The lowest BCUT2D eigenvalue weighted by Gasteiger charge is -2.32. The molecule has 0 atom stereocenters. The summed E-state index contributed by atoms with van der Waals surface area (Å²) in [5.74, 6) is -1.72. The number of amides is 1. The van der Waals surface area contributed by atoms with Crippen molar-refractivity contribution in [2.24, 2.45) is 5.10 Å². The van der Waals surface area contributed by atoms with Crippen molar-refractivity contribution in [2.45, 2.75) is 12.8 Å². The lowest BCUT2D eigenvalue weighted by atomic mass is 9.98. The van der Waals surface area contributed by atoms with Gasteiger partial charge in [0, 0.05) is 35.0 Å². The Morgan fingerprint density at radius 3 is 2.00 bits per heavy atom. The lowest BCUT2D eigenvalue weighted by molar-refractivity contribution is -0.129. The molecular formula is C40H32N4O3. The molecule has 0 radical (unpaired) electrons. The highest BCUT2D eigenvalue weighted by Crippen LogP contribution is 2.38. The maximum atomic E-state index is 13.1. The third-order valence-electron chi connectivity index (χ3n) is 8.30. The molecule has 0 saturated carbocycles. The Bertz CT molecular complexity index is 1960. The van der Waals surface area contributed by atoms with Crippen LogP contribution in [0.15, 0.2) is 156 Å². The van der Waals surface area contributed by atoms with Gasteiger partial charge in [-0.2, -0.15) is 10.1 Å². The fourth-order valence-corrected chi connectivity index (χ4v) is 6.09. The molecule has 1 N–H and O–H groups in total. The first-order valence-electron chi connectivity index (χ1n) is 15.6. The highest BCUT2D eigenvalue weighted by Gasteiger charge is 2.34. The Morgan fingerprint density at radius 2 is 1.36 bits per heavy atom. The molecular weight excluding hydrogens is 584 g/mol. The Balaban J connectivity index is 1.11. The van der Waals surface area contributed by atoms with Crippen LogP contribution in [0.25, 0.3) is 6.08 Å². The molecule has 7 rings (SSSR count). The van der Waals surface area contributed by atoms with E-state index in [1.54, 1.807) is 30.3 Å². The zero-order valence-electron chi connectivity index (χ0n) is 25.6. The van der Waals surface area contributed by atoms with E-state index in [4.69, 9.17) is 0 Å². The maximum Gasteiger partial charge on any atom is 0.357 e. The summed E-state index contributed by atoms with van der Waals surface area (Å²) < 4.78 is 0. The van der Waals surface area contributed by atoms with Crippen molar-refractivity contribution in [3.8, 4) is 0 Å². The number of carboxylic acid groups (broad SMARTS) is 1. The molecule has 0 fully saturated rings. The summed E-state index contributed by atoms with van der Waals surface area (Å²) >= 11 is 0. The zero-order chi connectivity index (χ0) is 32.2. The molecule has 230 valence electrons. The van der Waals surface area contributed by atoms with Gasteiger partial charge in [-0.3, -0.25) is 4.79 Å². The van der Waals surface area contributed by atoms with Crippen LogP contribution < -0.4 is 14.8 Å². The van der Waals surface area contributed by atoms with Gasteiger partial charge in [0.15, 0.2) is 5.71 Å². The van der Waals surface area contributed by atoms with Gasteiger partial charge in [-0.1, -0.05) is 72.8 Å². The Kier molecular flexibility index (Phi) is 8.18. The van der Waals surface area contributed by atoms with Crippen LogP contribution in [0.3, 0.4) is 0 Å². The van der Waals surface area contributed by atoms with Crippen LogP contribution in [0, 0.1) is 0 Å². The molecule has 5 aromatic rings. The number of allylic oxidation sites excluding steroid dienone is 2. The molecule has 0 aliphatic carbocycles. The average Bonchev–Trinajstić information content (AvgIpc) is 3.45. The van der Waals surface area contributed by atoms with Gasteiger partial charge in [-0.05, 0) is 103 Å². The van der Waals surface area contributed by atoms with Gasteiger partial charge in [-0.15, -0.1) is 0 Å².